The predicted molar refractivity (Wildman–Crippen MR) is 82.9 cm³/mol. The average molecular weight is 406 g/mol. The summed E-state index contributed by atoms with van der Waals surface area (Å²) in [7, 11) is 0. The zero-order valence-electron chi connectivity index (χ0n) is 11.2. The van der Waals surface area contributed by atoms with Crippen LogP contribution in [0.3, 0.4) is 0 Å². The molecule has 108 valence electrons. The molecule has 0 spiro atoms. The quantitative estimate of drug-likeness (QED) is 0.674. The van der Waals surface area contributed by atoms with Crippen molar-refractivity contribution >= 4 is 37.8 Å². The lowest BCUT2D eigenvalue weighted by Gasteiger charge is -2.06. The van der Waals surface area contributed by atoms with Crippen molar-refractivity contribution in [2.24, 2.45) is 17.3 Å². The minimum Gasteiger partial charge on any atom is -0.461 e. The van der Waals surface area contributed by atoms with Gasteiger partial charge in [-0.3, -0.25) is 4.79 Å². The van der Waals surface area contributed by atoms with E-state index in [0.29, 0.717) is 5.56 Å². The van der Waals surface area contributed by atoms with Crippen molar-refractivity contribution in [2.75, 3.05) is 0 Å². The number of hydrogen-bond donors (Lipinski definition) is 0. The van der Waals surface area contributed by atoms with Gasteiger partial charge in [0, 0.05) is 0 Å². The summed E-state index contributed by atoms with van der Waals surface area (Å²) in [6, 6.07) is 6.08. The summed E-state index contributed by atoms with van der Waals surface area (Å²) in [5.74, 6) is -0.562. The van der Waals surface area contributed by atoms with Crippen LogP contribution in [0.1, 0.15) is 19.4 Å². The Morgan fingerprint density at radius 1 is 1.45 bits per heavy atom. The molecule has 1 aliphatic rings. The molecule has 0 radical (unpaired) electrons. The van der Waals surface area contributed by atoms with Crippen LogP contribution >= 0.6 is 31.9 Å². The van der Waals surface area contributed by atoms with Gasteiger partial charge in [-0.2, -0.15) is 0 Å². The molecule has 1 aromatic rings. The third-order valence-electron chi connectivity index (χ3n) is 3.74. The molecule has 0 N–H and O–H groups in total. The van der Waals surface area contributed by atoms with Crippen LogP contribution in [0.4, 0.5) is 4.39 Å². The van der Waals surface area contributed by atoms with Crippen molar-refractivity contribution in [2.45, 2.75) is 20.5 Å². The zero-order chi connectivity index (χ0) is 14.9. The van der Waals surface area contributed by atoms with E-state index < -0.39 is 0 Å². The summed E-state index contributed by atoms with van der Waals surface area (Å²) in [6.07, 6.45) is 1.97. The van der Waals surface area contributed by atoms with Gasteiger partial charge >= 0.3 is 5.97 Å². The lowest BCUT2D eigenvalue weighted by atomic mass is 10.1. The number of ether oxygens (including phenoxy) is 1. The number of hydrogen-bond acceptors (Lipinski definition) is 2. The third-order valence-corrected chi connectivity index (χ3v) is 4.27. The summed E-state index contributed by atoms with van der Waals surface area (Å²) in [5.41, 5.74) is 0.553. The number of benzene rings is 1. The zero-order valence-corrected chi connectivity index (χ0v) is 14.4. The maximum atomic E-state index is 13.0. The monoisotopic (exact) mass is 404 g/mol. The van der Waals surface area contributed by atoms with Crippen LogP contribution in [0.25, 0.3) is 0 Å². The van der Waals surface area contributed by atoms with E-state index in [1.165, 1.54) is 12.1 Å². The van der Waals surface area contributed by atoms with Gasteiger partial charge in [0.2, 0.25) is 0 Å². The summed E-state index contributed by atoms with van der Waals surface area (Å²) in [5, 5.41) is 0. The average Bonchev–Trinajstić information content (AvgIpc) is 2.87. The van der Waals surface area contributed by atoms with Crippen molar-refractivity contribution in [3.63, 3.8) is 0 Å². The van der Waals surface area contributed by atoms with Crippen LogP contribution < -0.4 is 0 Å². The van der Waals surface area contributed by atoms with Crippen molar-refractivity contribution in [1.29, 1.82) is 0 Å². The van der Waals surface area contributed by atoms with Gasteiger partial charge in [-0.1, -0.05) is 32.1 Å². The number of rotatable bonds is 4. The molecule has 20 heavy (non-hydrogen) atoms. The Kier molecular flexibility index (Phi) is 4.69. The van der Waals surface area contributed by atoms with E-state index in [0.717, 1.165) is 3.39 Å². The van der Waals surface area contributed by atoms with E-state index in [1.807, 2.05) is 19.9 Å². The smallest absolute Gasteiger partial charge is 0.310 e. The fourth-order valence-electron chi connectivity index (χ4n) is 2.45. The molecule has 0 aromatic heterocycles. The normalized spacial score (nSPS) is 23.1. The standard InChI is InChI=1S/C15H15Br2FO2/c1-15(2)11(7-12(16)17)13(15)14(19)20-8-9-4-3-5-10(18)6-9/h3-7,11,13H,8H2,1-2H3/t11-,13-/m0/s1. The summed E-state index contributed by atoms with van der Waals surface area (Å²) < 4.78 is 19.2. The van der Waals surface area contributed by atoms with Crippen LogP contribution in [0.5, 0.6) is 0 Å². The Morgan fingerprint density at radius 2 is 2.15 bits per heavy atom. The lowest BCUT2D eigenvalue weighted by molar-refractivity contribution is -0.147. The van der Waals surface area contributed by atoms with Gasteiger partial charge in [-0.25, -0.2) is 4.39 Å². The number of carbonyl (C=O) groups is 1. The van der Waals surface area contributed by atoms with Gasteiger partial charge in [0.25, 0.3) is 0 Å². The van der Waals surface area contributed by atoms with Gasteiger partial charge in [0.1, 0.15) is 12.4 Å². The van der Waals surface area contributed by atoms with Crippen molar-refractivity contribution in [3.8, 4) is 0 Å². The fourth-order valence-corrected chi connectivity index (χ4v) is 3.02. The maximum Gasteiger partial charge on any atom is 0.310 e. The molecule has 0 saturated heterocycles. The van der Waals surface area contributed by atoms with Crippen molar-refractivity contribution in [1.82, 2.24) is 0 Å². The van der Waals surface area contributed by atoms with E-state index in [-0.39, 0.29) is 35.6 Å². The highest BCUT2D eigenvalue weighted by molar-refractivity contribution is 9.28. The first-order chi connectivity index (χ1) is 9.32. The van der Waals surface area contributed by atoms with Gasteiger partial charge in [-0.05, 0) is 60.9 Å². The van der Waals surface area contributed by atoms with Gasteiger partial charge in [0.15, 0.2) is 0 Å². The third kappa shape index (κ3) is 3.50. The molecular weight excluding hydrogens is 391 g/mol. The number of halogens is 3. The number of allylic oxidation sites excluding steroid dienone is 1. The molecule has 2 nitrogen and oxygen atoms in total. The number of carbonyl (C=O) groups excluding carboxylic acids is 1. The molecule has 1 saturated carbocycles. The lowest BCUT2D eigenvalue weighted by Crippen LogP contribution is -2.10. The van der Waals surface area contributed by atoms with Crippen LogP contribution in [0.15, 0.2) is 33.7 Å². The Hall–Kier alpha value is -0.680. The van der Waals surface area contributed by atoms with Gasteiger partial charge < -0.3 is 4.74 Å². The largest absolute Gasteiger partial charge is 0.461 e. The summed E-state index contributed by atoms with van der Waals surface area (Å²) >= 11 is 6.62. The molecule has 1 fully saturated rings. The second-order valence-electron chi connectivity index (χ2n) is 5.52. The highest BCUT2D eigenvalue weighted by Gasteiger charge is 2.61. The molecule has 2 rings (SSSR count). The van der Waals surface area contributed by atoms with Crippen molar-refractivity contribution in [3.05, 3.63) is 45.1 Å². The molecular formula is C15H15Br2FO2. The molecule has 0 unspecified atom stereocenters. The molecule has 0 aliphatic heterocycles. The van der Waals surface area contributed by atoms with Gasteiger partial charge in [0.05, 0.1) is 9.31 Å². The molecule has 0 bridgehead atoms. The first-order valence-corrected chi connectivity index (χ1v) is 7.85. The summed E-state index contributed by atoms with van der Waals surface area (Å²) in [4.78, 5) is 12.1. The van der Waals surface area contributed by atoms with E-state index in [2.05, 4.69) is 31.9 Å². The Morgan fingerprint density at radius 3 is 2.75 bits per heavy atom. The Bertz CT molecular complexity index is 551. The highest BCUT2D eigenvalue weighted by Crippen LogP contribution is 2.60. The maximum absolute atomic E-state index is 13.0. The fraction of sp³-hybridized carbons (Fsp3) is 0.400. The van der Waals surface area contributed by atoms with Crippen LogP contribution in [0, 0.1) is 23.1 Å². The van der Waals surface area contributed by atoms with E-state index >= 15 is 0 Å². The molecule has 0 amide bonds. The van der Waals surface area contributed by atoms with Gasteiger partial charge in [-0.15, -0.1) is 0 Å². The first-order valence-electron chi connectivity index (χ1n) is 6.26. The highest BCUT2D eigenvalue weighted by atomic mass is 79.9. The topological polar surface area (TPSA) is 26.3 Å². The molecule has 1 aliphatic carbocycles. The minimum atomic E-state index is -0.325. The molecule has 1 aromatic carbocycles. The minimum absolute atomic E-state index is 0.105. The van der Waals surface area contributed by atoms with E-state index in [9.17, 15) is 9.18 Å². The Balaban J connectivity index is 1.95. The van der Waals surface area contributed by atoms with Crippen molar-refractivity contribution < 1.29 is 13.9 Å². The summed E-state index contributed by atoms with van der Waals surface area (Å²) in [6.45, 7) is 4.17. The second-order valence-corrected chi connectivity index (χ2v) is 8.29. The SMILES string of the molecule is CC1(C)[C@H](C(=O)OCc2cccc(F)c2)[C@@H]1C=C(Br)Br. The van der Waals surface area contributed by atoms with E-state index in [4.69, 9.17) is 4.74 Å². The van der Waals surface area contributed by atoms with Crippen LogP contribution in [-0.2, 0) is 16.1 Å². The number of esters is 1. The molecule has 5 heteroatoms. The first kappa shape index (κ1) is 15.7. The Labute approximate surface area is 134 Å². The second kappa shape index (κ2) is 5.98. The van der Waals surface area contributed by atoms with Crippen LogP contribution in [0.2, 0.25) is 0 Å². The molecule has 0 heterocycles. The molecule has 2 atom stereocenters. The van der Waals surface area contributed by atoms with Crippen LogP contribution in [-0.4, -0.2) is 5.97 Å². The predicted octanol–water partition coefficient (Wildman–Crippen LogP) is 4.77. The van der Waals surface area contributed by atoms with E-state index in [1.54, 1.807) is 12.1 Å².